The molecule has 0 saturated heterocycles. The molecule has 0 spiro atoms. The van der Waals surface area contributed by atoms with E-state index < -0.39 is 0 Å². The number of hydrogen-bond acceptors (Lipinski definition) is 1. The van der Waals surface area contributed by atoms with Gasteiger partial charge in [-0.15, -0.1) is 0 Å². The molecule has 1 aliphatic carbocycles. The molecule has 13 heavy (non-hydrogen) atoms. The predicted molar refractivity (Wildman–Crippen MR) is 54.8 cm³/mol. The zero-order chi connectivity index (χ0) is 8.67. The number of aliphatic imine (C=N–C) groups is 1. The van der Waals surface area contributed by atoms with Gasteiger partial charge in [0.25, 0.3) is 0 Å². The van der Waals surface area contributed by atoms with Gasteiger partial charge in [-0.25, -0.2) is 0 Å². The SMILES string of the molecule is C1=CC2=Cc3ccccc3C2N=C1. The summed E-state index contributed by atoms with van der Waals surface area (Å²) in [6.07, 6.45) is 8.23. The Balaban J connectivity index is 2.22. The maximum atomic E-state index is 4.45. The molecule has 0 saturated carbocycles. The second kappa shape index (κ2) is 2.43. The Labute approximate surface area is 77.1 Å². The van der Waals surface area contributed by atoms with Crippen LogP contribution in [0, 0.1) is 0 Å². The quantitative estimate of drug-likeness (QED) is 0.563. The zero-order valence-corrected chi connectivity index (χ0v) is 7.14. The summed E-state index contributed by atoms with van der Waals surface area (Å²) in [4.78, 5) is 4.45. The minimum Gasteiger partial charge on any atom is -0.280 e. The van der Waals surface area contributed by atoms with Crippen LogP contribution in [0.3, 0.4) is 0 Å². The van der Waals surface area contributed by atoms with Crippen molar-refractivity contribution in [2.75, 3.05) is 0 Å². The molecule has 0 N–H and O–H groups in total. The molecule has 1 nitrogen and oxygen atoms in total. The lowest BCUT2D eigenvalue weighted by Gasteiger charge is -2.11. The lowest BCUT2D eigenvalue weighted by Crippen LogP contribution is -1.96. The fourth-order valence-corrected chi connectivity index (χ4v) is 1.92. The van der Waals surface area contributed by atoms with Crippen LogP contribution >= 0.6 is 0 Å². The van der Waals surface area contributed by atoms with Crippen molar-refractivity contribution in [2.45, 2.75) is 6.04 Å². The Bertz CT molecular complexity index is 438. The van der Waals surface area contributed by atoms with Gasteiger partial charge in [-0.3, -0.25) is 4.99 Å². The molecular formula is C12H9N. The number of dihydropyridines is 1. The van der Waals surface area contributed by atoms with Crippen molar-refractivity contribution in [1.29, 1.82) is 0 Å². The van der Waals surface area contributed by atoms with Crippen molar-refractivity contribution in [3.8, 4) is 0 Å². The largest absolute Gasteiger partial charge is 0.280 e. The summed E-state index contributed by atoms with van der Waals surface area (Å²) in [6.45, 7) is 0. The van der Waals surface area contributed by atoms with Crippen LogP contribution in [-0.2, 0) is 0 Å². The number of nitrogens with zero attached hydrogens (tertiary/aromatic N) is 1. The molecular weight excluding hydrogens is 158 g/mol. The smallest absolute Gasteiger partial charge is 0.100 e. The minimum absolute atomic E-state index is 0.265. The molecule has 0 amide bonds. The maximum absolute atomic E-state index is 4.45. The number of fused-ring (bicyclic) bond motifs is 3. The minimum atomic E-state index is 0.265. The Morgan fingerprint density at radius 1 is 1.15 bits per heavy atom. The van der Waals surface area contributed by atoms with Gasteiger partial charge in [0, 0.05) is 6.21 Å². The summed E-state index contributed by atoms with van der Waals surface area (Å²) in [5.41, 5.74) is 3.95. The predicted octanol–water partition coefficient (Wildman–Crippen LogP) is 2.77. The normalized spacial score (nSPS) is 22.5. The molecule has 0 aromatic heterocycles. The molecule has 1 heterocycles. The fourth-order valence-electron chi connectivity index (χ4n) is 1.92. The first kappa shape index (κ1) is 6.84. The van der Waals surface area contributed by atoms with E-state index in [2.05, 4.69) is 41.4 Å². The number of allylic oxidation sites excluding steroid dienone is 1. The van der Waals surface area contributed by atoms with Gasteiger partial charge in [-0.2, -0.15) is 0 Å². The Hall–Kier alpha value is -1.63. The summed E-state index contributed by atoms with van der Waals surface area (Å²) in [5.74, 6) is 0. The van der Waals surface area contributed by atoms with Crippen molar-refractivity contribution in [2.24, 2.45) is 4.99 Å². The van der Waals surface area contributed by atoms with Crippen LogP contribution in [0.15, 0.2) is 47.0 Å². The summed E-state index contributed by atoms with van der Waals surface area (Å²) >= 11 is 0. The molecule has 1 aromatic rings. The van der Waals surface area contributed by atoms with E-state index in [1.54, 1.807) is 0 Å². The van der Waals surface area contributed by atoms with Gasteiger partial charge in [0.15, 0.2) is 0 Å². The van der Waals surface area contributed by atoms with Crippen LogP contribution in [-0.4, -0.2) is 6.21 Å². The van der Waals surface area contributed by atoms with Crippen molar-refractivity contribution in [3.05, 3.63) is 53.1 Å². The summed E-state index contributed by atoms with van der Waals surface area (Å²) in [5, 5.41) is 0. The standard InChI is InChI=1S/C12H9N/c1-2-6-11-9(4-1)8-10-5-3-7-13-12(10)11/h1-8,12H. The van der Waals surface area contributed by atoms with E-state index in [0.717, 1.165) is 0 Å². The van der Waals surface area contributed by atoms with Gasteiger partial charge in [-0.1, -0.05) is 30.3 Å². The molecule has 1 unspecified atom stereocenters. The molecule has 1 aliphatic heterocycles. The van der Waals surface area contributed by atoms with Crippen LogP contribution in [0.4, 0.5) is 0 Å². The summed E-state index contributed by atoms with van der Waals surface area (Å²) < 4.78 is 0. The third-order valence-corrected chi connectivity index (χ3v) is 2.54. The summed E-state index contributed by atoms with van der Waals surface area (Å²) in [7, 11) is 0. The van der Waals surface area contributed by atoms with Crippen molar-refractivity contribution in [3.63, 3.8) is 0 Å². The van der Waals surface area contributed by atoms with Crippen LogP contribution in [0.25, 0.3) is 6.08 Å². The molecule has 1 atom stereocenters. The first-order valence-corrected chi connectivity index (χ1v) is 4.45. The maximum Gasteiger partial charge on any atom is 0.100 e. The molecule has 0 fully saturated rings. The average Bonchev–Trinajstić information content (AvgIpc) is 2.56. The van der Waals surface area contributed by atoms with Gasteiger partial charge >= 0.3 is 0 Å². The third kappa shape index (κ3) is 0.903. The van der Waals surface area contributed by atoms with Crippen LogP contribution < -0.4 is 0 Å². The monoisotopic (exact) mass is 167 g/mol. The highest BCUT2D eigenvalue weighted by Crippen LogP contribution is 2.38. The number of benzene rings is 1. The van der Waals surface area contributed by atoms with Gasteiger partial charge in [0.2, 0.25) is 0 Å². The molecule has 0 radical (unpaired) electrons. The zero-order valence-electron chi connectivity index (χ0n) is 7.14. The lowest BCUT2D eigenvalue weighted by molar-refractivity contribution is 0.894. The third-order valence-electron chi connectivity index (χ3n) is 2.54. The molecule has 62 valence electrons. The van der Waals surface area contributed by atoms with Crippen LogP contribution in [0.5, 0.6) is 0 Å². The number of hydrogen-bond donors (Lipinski definition) is 0. The lowest BCUT2D eigenvalue weighted by atomic mass is 10.0. The van der Waals surface area contributed by atoms with E-state index >= 15 is 0 Å². The van der Waals surface area contributed by atoms with Crippen LogP contribution in [0.1, 0.15) is 17.2 Å². The van der Waals surface area contributed by atoms with Gasteiger partial charge < -0.3 is 0 Å². The van der Waals surface area contributed by atoms with Gasteiger partial charge in [-0.05, 0) is 28.9 Å². The first-order chi connectivity index (χ1) is 6.45. The topological polar surface area (TPSA) is 12.4 Å². The summed E-state index contributed by atoms with van der Waals surface area (Å²) in [6, 6.07) is 8.70. The highest BCUT2D eigenvalue weighted by Gasteiger charge is 2.22. The van der Waals surface area contributed by atoms with E-state index in [1.165, 1.54) is 16.7 Å². The highest BCUT2D eigenvalue weighted by atomic mass is 14.8. The number of rotatable bonds is 0. The molecule has 0 bridgehead atoms. The van der Waals surface area contributed by atoms with Crippen LogP contribution in [0.2, 0.25) is 0 Å². The first-order valence-electron chi connectivity index (χ1n) is 4.45. The molecule has 1 aromatic carbocycles. The van der Waals surface area contributed by atoms with E-state index in [9.17, 15) is 0 Å². The Morgan fingerprint density at radius 2 is 2.08 bits per heavy atom. The molecule has 2 aliphatic rings. The molecule has 1 heteroatoms. The second-order valence-corrected chi connectivity index (χ2v) is 3.33. The van der Waals surface area contributed by atoms with E-state index in [1.807, 2.05) is 12.3 Å². The second-order valence-electron chi connectivity index (χ2n) is 3.33. The van der Waals surface area contributed by atoms with E-state index in [4.69, 9.17) is 0 Å². The highest BCUT2D eigenvalue weighted by molar-refractivity contribution is 5.80. The molecule has 3 rings (SSSR count). The Morgan fingerprint density at radius 3 is 3.08 bits per heavy atom. The van der Waals surface area contributed by atoms with E-state index in [-0.39, 0.29) is 6.04 Å². The fraction of sp³-hybridized carbons (Fsp3) is 0.0833. The van der Waals surface area contributed by atoms with E-state index in [0.29, 0.717) is 0 Å². The van der Waals surface area contributed by atoms with Crippen molar-refractivity contribution in [1.82, 2.24) is 0 Å². The average molecular weight is 167 g/mol. The van der Waals surface area contributed by atoms with Gasteiger partial charge in [0.1, 0.15) is 6.04 Å². The Kier molecular flexibility index (Phi) is 1.28. The van der Waals surface area contributed by atoms with Crippen molar-refractivity contribution < 1.29 is 0 Å². The van der Waals surface area contributed by atoms with Gasteiger partial charge in [0.05, 0.1) is 0 Å². The van der Waals surface area contributed by atoms with Crippen molar-refractivity contribution >= 4 is 12.3 Å².